The predicted molar refractivity (Wildman–Crippen MR) is 100 cm³/mol. The van der Waals surface area contributed by atoms with Gasteiger partial charge in [0.25, 0.3) is 11.5 Å². The van der Waals surface area contributed by atoms with Gasteiger partial charge in [0.15, 0.2) is 0 Å². The van der Waals surface area contributed by atoms with Crippen molar-refractivity contribution in [3.05, 3.63) is 62.7 Å². The number of halogens is 1. The molecule has 0 radical (unpaired) electrons. The number of aromatic amines is 1. The summed E-state index contributed by atoms with van der Waals surface area (Å²) in [6, 6.07) is 5.02. The lowest BCUT2D eigenvalue weighted by Crippen LogP contribution is -2.35. The highest BCUT2D eigenvalue weighted by atomic mass is 19.1. The third-order valence-corrected chi connectivity index (χ3v) is 4.87. The Morgan fingerprint density at radius 3 is 2.75 bits per heavy atom. The molecule has 2 N–H and O–H groups in total. The average molecular weight is 386 g/mol. The SMILES string of the molecule is Cn1cc(C(=O)NC[C@H]2CCCO2)c2[nH]c(=O)n(-c3ccc(F)cc3)c(=O)c21. The van der Waals surface area contributed by atoms with Gasteiger partial charge in [-0.1, -0.05) is 0 Å². The summed E-state index contributed by atoms with van der Waals surface area (Å²) in [6.45, 7) is 1.05. The lowest BCUT2D eigenvalue weighted by atomic mass is 10.2. The summed E-state index contributed by atoms with van der Waals surface area (Å²) in [7, 11) is 1.62. The third kappa shape index (κ3) is 3.13. The van der Waals surface area contributed by atoms with E-state index in [1.54, 1.807) is 7.05 Å². The van der Waals surface area contributed by atoms with Crippen molar-refractivity contribution in [1.29, 1.82) is 0 Å². The van der Waals surface area contributed by atoms with Crippen molar-refractivity contribution in [2.24, 2.45) is 7.05 Å². The van der Waals surface area contributed by atoms with Gasteiger partial charge in [0.2, 0.25) is 0 Å². The number of rotatable bonds is 4. The van der Waals surface area contributed by atoms with E-state index in [0.29, 0.717) is 13.2 Å². The number of carbonyl (C=O) groups is 1. The highest BCUT2D eigenvalue weighted by Crippen LogP contribution is 2.16. The van der Waals surface area contributed by atoms with Crippen LogP contribution < -0.4 is 16.6 Å². The first kappa shape index (κ1) is 18.2. The number of benzene rings is 1. The zero-order chi connectivity index (χ0) is 19.8. The van der Waals surface area contributed by atoms with E-state index >= 15 is 0 Å². The van der Waals surface area contributed by atoms with Gasteiger partial charge in [0.05, 0.1) is 22.9 Å². The minimum atomic E-state index is -0.705. The number of aromatic nitrogens is 3. The number of H-pyrrole nitrogens is 1. The molecule has 1 aliphatic heterocycles. The normalized spacial score (nSPS) is 16.6. The molecule has 2 aromatic heterocycles. The van der Waals surface area contributed by atoms with Gasteiger partial charge in [-0.25, -0.2) is 13.8 Å². The van der Waals surface area contributed by atoms with Gasteiger partial charge in [-0.3, -0.25) is 9.59 Å². The van der Waals surface area contributed by atoms with Crippen molar-refractivity contribution in [2.75, 3.05) is 13.2 Å². The largest absolute Gasteiger partial charge is 0.376 e. The van der Waals surface area contributed by atoms with E-state index in [-0.39, 0.29) is 28.4 Å². The van der Waals surface area contributed by atoms with Crippen LogP contribution in [0.25, 0.3) is 16.7 Å². The molecule has 0 spiro atoms. The molecular weight excluding hydrogens is 367 g/mol. The number of nitrogens with one attached hydrogen (secondary N) is 2. The van der Waals surface area contributed by atoms with Crippen LogP contribution in [0.2, 0.25) is 0 Å². The molecule has 1 aliphatic rings. The Balaban J connectivity index is 1.75. The second kappa shape index (κ2) is 7.08. The number of carbonyl (C=O) groups excluding carboxylic acids is 1. The predicted octanol–water partition coefficient (Wildman–Crippen LogP) is 1.07. The Morgan fingerprint density at radius 2 is 2.07 bits per heavy atom. The summed E-state index contributed by atoms with van der Waals surface area (Å²) >= 11 is 0. The summed E-state index contributed by atoms with van der Waals surface area (Å²) in [6.07, 6.45) is 3.33. The first-order valence-corrected chi connectivity index (χ1v) is 8.96. The van der Waals surface area contributed by atoms with Crippen LogP contribution in [0.4, 0.5) is 4.39 Å². The van der Waals surface area contributed by atoms with Gasteiger partial charge in [0.1, 0.15) is 11.3 Å². The average Bonchev–Trinajstić information content (AvgIpc) is 3.29. The summed E-state index contributed by atoms with van der Waals surface area (Å²) in [5.41, 5.74) is -0.516. The molecule has 3 aromatic rings. The van der Waals surface area contributed by atoms with Crippen molar-refractivity contribution in [2.45, 2.75) is 18.9 Å². The molecule has 0 bridgehead atoms. The molecule has 1 saturated heterocycles. The molecule has 0 aliphatic carbocycles. The summed E-state index contributed by atoms with van der Waals surface area (Å²) in [4.78, 5) is 40.7. The van der Waals surface area contributed by atoms with Gasteiger partial charge in [-0.2, -0.15) is 0 Å². The third-order valence-electron chi connectivity index (χ3n) is 4.87. The van der Waals surface area contributed by atoms with Crippen LogP contribution in [0.5, 0.6) is 0 Å². The first-order valence-electron chi connectivity index (χ1n) is 8.96. The Morgan fingerprint density at radius 1 is 1.32 bits per heavy atom. The van der Waals surface area contributed by atoms with Gasteiger partial charge >= 0.3 is 5.69 Å². The molecule has 146 valence electrons. The molecule has 8 nitrogen and oxygen atoms in total. The number of amides is 1. The molecule has 28 heavy (non-hydrogen) atoms. The summed E-state index contributed by atoms with van der Waals surface area (Å²) in [5.74, 6) is -0.867. The van der Waals surface area contributed by atoms with E-state index < -0.39 is 23.0 Å². The maximum absolute atomic E-state index is 13.2. The maximum Gasteiger partial charge on any atom is 0.333 e. The van der Waals surface area contributed by atoms with Crippen LogP contribution >= 0.6 is 0 Å². The number of hydrogen-bond acceptors (Lipinski definition) is 4. The molecule has 1 amide bonds. The fourth-order valence-corrected chi connectivity index (χ4v) is 3.48. The Hall–Kier alpha value is -3.20. The zero-order valence-corrected chi connectivity index (χ0v) is 15.2. The molecule has 0 saturated carbocycles. The van der Waals surface area contributed by atoms with E-state index in [0.717, 1.165) is 17.4 Å². The molecule has 1 atom stereocenters. The minimum Gasteiger partial charge on any atom is -0.376 e. The second-order valence-electron chi connectivity index (χ2n) is 6.77. The molecular formula is C19H19FN4O4. The first-order chi connectivity index (χ1) is 13.5. The van der Waals surface area contributed by atoms with E-state index in [1.165, 1.54) is 35.0 Å². The number of ether oxygens (including phenoxy) is 1. The van der Waals surface area contributed by atoms with E-state index in [4.69, 9.17) is 4.74 Å². The number of hydrogen-bond donors (Lipinski definition) is 2. The lowest BCUT2D eigenvalue weighted by Gasteiger charge is -2.10. The van der Waals surface area contributed by atoms with Crippen LogP contribution in [0, 0.1) is 5.82 Å². The topological polar surface area (TPSA) is 98.1 Å². The van der Waals surface area contributed by atoms with Crippen LogP contribution in [0.3, 0.4) is 0 Å². The molecule has 3 heterocycles. The van der Waals surface area contributed by atoms with Crippen molar-refractivity contribution in [3.8, 4) is 5.69 Å². The van der Waals surface area contributed by atoms with Gasteiger partial charge in [0, 0.05) is 26.4 Å². The van der Waals surface area contributed by atoms with Crippen molar-refractivity contribution in [1.82, 2.24) is 19.4 Å². The van der Waals surface area contributed by atoms with E-state index in [9.17, 15) is 18.8 Å². The molecule has 9 heteroatoms. The van der Waals surface area contributed by atoms with Crippen LogP contribution in [-0.2, 0) is 11.8 Å². The molecule has 1 aromatic carbocycles. The summed E-state index contributed by atoms with van der Waals surface area (Å²) in [5, 5.41) is 2.79. The second-order valence-corrected chi connectivity index (χ2v) is 6.77. The standard InChI is InChI=1S/C19H19FN4O4/c1-23-10-14(17(25)21-9-13-3-2-8-28-13)15-16(23)18(26)24(19(27)22-15)12-6-4-11(20)5-7-12/h4-7,10,13H,2-3,8-9H2,1H3,(H,21,25)(H,22,27)/t13-/m1/s1. The number of fused-ring (bicyclic) bond motifs is 1. The number of nitrogens with zero attached hydrogens (tertiary/aromatic N) is 2. The number of aryl methyl sites for hydroxylation is 1. The van der Waals surface area contributed by atoms with Gasteiger partial charge in [-0.15, -0.1) is 0 Å². The highest BCUT2D eigenvalue weighted by Gasteiger charge is 2.22. The van der Waals surface area contributed by atoms with E-state index in [1.807, 2.05) is 0 Å². The lowest BCUT2D eigenvalue weighted by molar-refractivity contribution is 0.0859. The zero-order valence-electron chi connectivity index (χ0n) is 15.2. The smallest absolute Gasteiger partial charge is 0.333 e. The monoisotopic (exact) mass is 386 g/mol. The Bertz CT molecular complexity index is 1150. The summed E-state index contributed by atoms with van der Waals surface area (Å²) < 4.78 is 21.1. The van der Waals surface area contributed by atoms with E-state index in [2.05, 4.69) is 10.3 Å². The quantitative estimate of drug-likeness (QED) is 0.701. The minimum absolute atomic E-state index is 0.0197. The van der Waals surface area contributed by atoms with Crippen LogP contribution in [0.15, 0.2) is 40.1 Å². The fourth-order valence-electron chi connectivity index (χ4n) is 3.48. The van der Waals surface area contributed by atoms with Gasteiger partial charge < -0.3 is 19.6 Å². The van der Waals surface area contributed by atoms with Crippen LogP contribution in [0.1, 0.15) is 23.2 Å². The molecule has 4 rings (SSSR count). The van der Waals surface area contributed by atoms with Crippen molar-refractivity contribution >= 4 is 16.9 Å². The van der Waals surface area contributed by atoms with Gasteiger partial charge in [-0.05, 0) is 37.1 Å². The Kier molecular flexibility index (Phi) is 4.60. The Labute approximate surface area is 158 Å². The molecule has 1 fully saturated rings. The molecule has 0 unspecified atom stereocenters. The van der Waals surface area contributed by atoms with Crippen LogP contribution in [-0.4, -0.2) is 39.3 Å². The van der Waals surface area contributed by atoms with Crippen molar-refractivity contribution in [3.63, 3.8) is 0 Å². The highest BCUT2D eigenvalue weighted by molar-refractivity contribution is 6.05. The fraction of sp³-hybridized carbons (Fsp3) is 0.316. The van der Waals surface area contributed by atoms with Crippen molar-refractivity contribution < 1.29 is 13.9 Å². The maximum atomic E-state index is 13.2.